The van der Waals surface area contributed by atoms with E-state index in [-0.39, 0.29) is 44.0 Å². The third kappa shape index (κ3) is 49.1. The Morgan fingerprint density at radius 3 is 1.06 bits per heavy atom. The molecule has 0 aliphatic carbocycles. The Hall–Kier alpha value is -3.93. The Morgan fingerprint density at radius 1 is 0.328 bits per heavy atom. The first-order valence-electron chi connectivity index (χ1n) is 25.9. The second kappa shape index (κ2) is 51.7. The van der Waals surface area contributed by atoms with Crippen LogP contribution in [0.3, 0.4) is 0 Å². The highest BCUT2D eigenvalue weighted by molar-refractivity contribution is 5.71. The molecule has 0 N–H and O–H groups in total. The maximum Gasteiger partial charge on any atom is 0.306 e. The summed E-state index contributed by atoms with van der Waals surface area (Å²) in [6.07, 6.45) is 69.4. The van der Waals surface area contributed by atoms with Crippen LogP contribution >= 0.6 is 0 Å². The van der Waals surface area contributed by atoms with Crippen molar-refractivity contribution in [3.05, 3.63) is 109 Å². The van der Waals surface area contributed by atoms with Crippen LogP contribution in [0.25, 0.3) is 0 Å². The van der Waals surface area contributed by atoms with Gasteiger partial charge >= 0.3 is 17.9 Å². The molecule has 1 unspecified atom stereocenters. The number of carbonyl (C=O) groups is 3. The van der Waals surface area contributed by atoms with E-state index < -0.39 is 6.10 Å². The molecule has 0 radical (unpaired) electrons. The van der Waals surface area contributed by atoms with Crippen LogP contribution in [0.5, 0.6) is 0 Å². The van der Waals surface area contributed by atoms with E-state index in [9.17, 15) is 14.4 Å². The van der Waals surface area contributed by atoms with Gasteiger partial charge < -0.3 is 14.2 Å². The first-order chi connectivity index (χ1) is 31.5. The molecule has 64 heavy (non-hydrogen) atoms. The van der Waals surface area contributed by atoms with E-state index in [1.54, 1.807) is 0 Å². The lowest BCUT2D eigenvalue weighted by molar-refractivity contribution is -0.167. The summed E-state index contributed by atoms with van der Waals surface area (Å²) in [5, 5.41) is 0. The fourth-order valence-corrected chi connectivity index (χ4v) is 6.60. The topological polar surface area (TPSA) is 78.9 Å². The van der Waals surface area contributed by atoms with Gasteiger partial charge in [-0.3, -0.25) is 14.4 Å². The predicted molar refractivity (Wildman–Crippen MR) is 274 cm³/mol. The van der Waals surface area contributed by atoms with Crippen molar-refractivity contribution >= 4 is 17.9 Å². The van der Waals surface area contributed by atoms with Crippen molar-refractivity contribution in [1.82, 2.24) is 0 Å². The van der Waals surface area contributed by atoms with Gasteiger partial charge in [-0.25, -0.2) is 0 Å². The predicted octanol–water partition coefficient (Wildman–Crippen LogP) is 17.1. The molecule has 6 nitrogen and oxygen atoms in total. The highest BCUT2D eigenvalue weighted by atomic mass is 16.6. The van der Waals surface area contributed by atoms with E-state index in [0.717, 1.165) is 89.9 Å². The second-order valence-corrected chi connectivity index (χ2v) is 16.7. The number of unbranched alkanes of at least 4 members (excludes halogenated alkanes) is 16. The fraction of sp³-hybridized carbons (Fsp3) is 0.638. The molecule has 1 atom stereocenters. The summed E-state index contributed by atoms with van der Waals surface area (Å²) >= 11 is 0. The van der Waals surface area contributed by atoms with Crippen LogP contribution in [-0.4, -0.2) is 37.2 Å². The number of esters is 3. The molecule has 0 spiro atoms. The zero-order valence-electron chi connectivity index (χ0n) is 41.3. The van der Waals surface area contributed by atoms with Crippen LogP contribution in [0.15, 0.2) is 109 Å². The van der Waals surface area contributed by atoms with E-state index >= 15 is 0 Å². The molecule has 0 rings (SSSR count). The maximum atomic E-state index is 12.8. The van der Waals surface area contributed by atoms with Crippen LogP contribution in [0, 0.1) is 0 Å². The molecule has 362 valence electrons. The molecular formula is C58H94O6. The zero-order chi connectivity index (χ0) is 46.5. The molecule has 0 bridgehead atoms. The molecule has 0 fully saturated rings. The SMILES string of the molecule is CC/C=C\C/C=C\C/C=C\C/C=C\C/C=C\CCCC(=O)OCC(COC(=O)CCCCCCC/C=C\CCCCC)OC(=O)CCC/C=C\C/C=C\C/C=C\CCCCCCCC. The van der Waals surface area contributed by atoms with Gasteiger partial charge in [0.05, 0.1) is 0 Å². The van der Waals surface area contributed by atoms with Crippen molar-refractivity contribution < 1.29 is 28.6 Å². The monoisotopic (exact) mass is 887 g/mol. The fourth-order valence-electron chi connectivity index (χ4n) is 6.60. The summed E-state index contributed by atoms with van der Waals surface area (Å²) in [4.78, 5) is 37.9. The van der Waals surface area contributed by atoms with Gasteiger partial charge in [-0.1, -0.05) is 194 Å². The molecule has 0 aromatic rings. The molecule has 0 saturated heterocycles. The molecule has 0 aromatic heterocycles. The van der Waals surface area contributed by atoms with Crippen molar-refractivity contribution in [2.24, 2.45) is 0 Å². The third-order valence-corrected chi connectivity index (χ3v) is 10.5. The average Bonchev–Trinajstić information content (AvgIpc) is 3.29. The van der Waals surface area contributed by atoms with Gasteiger partial charge in [0.2, 0.25) is 0 Å². The number of rotatable bonds is 45. The molecular weight excluding hydrogens is 793 g/mol. The molecule has 0 aromatic carbocycles. The van der Waals surface area contributed by atoms with Crippen molar-refractivity contribution in [1.29, 1.82) is 0 Å². The van der Waals surface area contributed by atoms with Gasteiger partial charge in [0.25, 0.3) is 0 Å². The van der Waals surface area contributed by atoms with Gasteiger partial charge in [0.15, 0.2) is 6.10 Å². The summed E-state index contributed by atoms with van der Waals surface area (Å²) in [5.41, 5.74) is 0. The highest BCUT2D eigenvalue weighted by Crippen LogP contribution is 2.12. The number of hydrogen-bond donors (Lipinski definition) is 0. The van der Waals surface area contributed by atoms with Crippen LogP contribution in [0.1, 0.15) is 220 Å². The summed E-state index contributed by atoms with van der Waals surface area (Å²) in [5.74, 6) is -1.05. The lowest BCUT2D eigenvalue weighted by Gasteiger charge is -2.18. The first-order valence-corrected chi connectivity index (χ1v) is 25.9. The van der Waals surface area contributed by atoms with Crippen LogP contribution in [-0.2, 0) is 28.6 Å². The standard InChI is InChI=1S/C58H94O6/c1-4-7-10-13-16-19-22-25-27-29-31-33-36-39-42-45-48-51-57(60)63-54-55(53-62-56(59)50-47-44-41-38-35-24-21-18-15-12-9-6-3)64-58(61)52-49-46-43-40-37-34-32-30-28-26-23-20-17-14-11-8-5-2/h7,10,16,18-19,21,25-28,31-34,39-40,42-43,55H,4-6,8-9,11-15,17,20,22-24,29-30,35-38,41,44-54H2,1-3H3/b10-7-,19-16-,21-18-,27-25-,28-26-,33-31-,34-32-,42-39-,43-40-. The van der Waals surface area contributed by atoms with Crippen molar-refractivity contribution in [2.45, 2.75) is 226 Å². The van der Waals surface area contributed by atoms with Crippen LogP contribution in [0.2, 0.25) is 0 Å². The van der Waals surface area contributed by atoms with Crippen molar-refractivity contribution in [3.8, 4) is 0 Å². The summed E-state index contributed by atoms with van der Waals surface area (Å²) in [7, 11) is 0. The molecule has 0 amide bonds. The van der Waals surface area contributed by atoms with Gasteiger partial charge in [0.1, 0.15) is 13.2 Å². The second-order valence-electron chi connectivity index (χ2n) is 16.7. The van der Waals surface area contributed by atoms with Gasteiger partial charge in [-0.05, 0) is 116 Å². The number of allylic oxidation sites excluding steroid dienone is 18. The normalized spacial score (nSPS) is 13.0. The first kappa shape index (κ1) is 60.1. The van der Waals surface area contributed by atoms with E-state index in [4.69, 9.17) is 14.2 Å². The van der Waals surface area contributed by atoms with E-state index in [0.29, 0.717) is 19.3 Å². The summed E-state index contributed by atoms with van der Waals surface area (Å²) < 4.78 is 16.7. The lowest BCUT2D eigenvalue weighted by atomic mass is 10.1. The maximum absolute atomic E-state index is 12.8. The van der Waals surface area contributed by atoms with Crippen LogP contribution in [0.4, 0.5) is 0 Å². The average molecular weight is 887 g/mol. The Kier molecular flexibility index (Phi) is 48.5. The van der Waals surface area contributed by atoms with Crippen molar-refractivity contribution in [2.75, 3.05) is 13.2 Å². The minimum atomic E-state index is -0.832. The van der Waals surface area contributed by atoms with E-state index in [1.165, 1.54) is 77.0 Å². The Balaban J connectivity index is 4.58. The van der Waals surface area contributed by atoms with Crippen LogP contribution < -0.4 is 0 Å². The number of carbonyl (C=O) groups excluding carboxylic acids is 3. The van der Waals surface area contributed by atoms with Gasteiger partial charge in [0, 0.05) is 19.3 Å². The minimum absolute atomic E-state index is 0.122. The Labute approximate surface area is 393 Å². The quantitative estimate of drug-likeness (QED) is 0.0262. The zero-order valence-corrected chi connectivity index (χ0v) is 41.3. The van der Waals surface area contributed by atoms with Gasteiger partial charge in [-0.15, -0.1) is 0 Å². The molecule has 0 aliphatic rings. The third-order valence-electron chi connectivity index (χ3n) is 10.5. The minimum Gasteiger partial charge on any atom is -0.462 e. The number of ether oxygens (including phenoxy) is 3. The van der Waals surface area contributed by atoms with E-state index in [1.807, 2.05) is 0 Å². The largest absolute Gasteiger partial charge is 0.462 e. The summed E-state index contributed by atoms with van der Waals surface area (Å²) in [6, 6.07) is 0. The molecule has 0 aliphatic heterocycles. The number of hydrogen-bond acceptors (Lipinski definition) is 6. The lowest BCUT2D eigenvalue weighted by Crippen LogP contribution is -2.30. The van der Waals surface area contributed by atoms with Gasteiger partial charge in [-0.2, -0.15) is 0 Å². The highest BCUT2D eigenvalue weighted by Gasteiger charge is 2.19. The summed E-state index contributed by atoms with van der Waals surface area (Å²) in [6.45, 7) is 6.38. The van der Waals surface area contributed by atoms with E-state index in [2.05, 4.69) is 130 Å². The molecule has 0 heterocycles. The molecule has 6 heteroatoms. The Bertz CT molecular complexity index is 1340. The Morgan fingerprint density at radius 2 is 0.625 bits per heavy atom. The smallest absolute Gasteiger partial charge is 0.306 e. The molecule has 0 saturated carbocycles. The van der Waals surface area contributed by atoms with Crippen molar-refractivity contribution in [3.63, 3.8) is 0 Å².